The molecule has 0 radical (unpaired) electrons. The molecule has 0 aromatic heterocycles. The van der Waals surface area contributed by atoms with Gasteiger partial charge in [-0.15, -0.1) is 0 Å². The smallest absolute Gasteiger partial charge is 0.326 e. The SMILES string of the molecule is CC/C=C\C/C=C\C/C=C\C/C=C\C(CCCCCCCC(=O)NC(CCCN)C(=O)O)OC(=O)CCCCCCC/C=C\CCCCCCC. The van der Waals surface area contributed by atoms with Crippen molar-refractivity contribution in [3.63, 3.8) is 0 Å². The van der Waals surface area contributed by atoms with Crippen LogP contribution in [-0.4, -0.2) is 41.6 Å². The number of carbonyl (C=O) groups is 3. The lowest BCUT2D eigenvalue weighted by atomic mass is 10.1. The molecule has 0 aliphatic heterocycles. The zero-order valence-corrected chi connectivity index (χ0v) is 32.7. The summed E-state index contributed by atoms with van der Waals surface area (Å²) in [6, 6.07) is -0.869. The Morgan fingerprint density at radius 1 is 0.608 bits per heavy atom. The van der Waals surface area contributed by atoms with Gasteiger partial charge < -0.3 is 20.9 Å². The summed E-state index contributed by atoms with van der Waals surface area (Å²) in [5.74, 6) is -1.35. The van der Waals surface area contributed by atoms with Crippen molar-refractivity contribution < 1.29 is 24.2 Å². The van der Waals surface area contributed by atoms with Crippen molar-refractivity contribution >= 4 is 17.8 Å². The molecule has 2 unspecified atom stereocenters. The third kappa shape index (κ3) is 35.3. The number of unbranched alkanes of at least 4 members (excludes halogenated alkanes) is 14. The molecule has 7 heteroatoms. The molecule has 0 fully saturated rings. The second kappa shape index (κ2) is 38.3. The highest BCUT2D eigenvalue weighted by molar-refractivity contribution is 5.83. The van der Waals surface area contributed by atoms with Gasteiger partial charge in [-0.25, -0.2) is 4.79 Å². The van der Waals surface area contributed by atoms with Crippen molar-refractivity contribution in [3.8, 4) is 0 Å². The van der Waals surface area contributed by atoms with Crippen LogP contribution >= 0.6 is 0 Å². The number of rotatable bonds is 36. The van der Waals surface area contributed by atoms with Gasteiger partial charge >= 0.3 is 11.9 Å². The number of carboxylic acids is 1. The third-order valence-electron chi connectivity index (χ3n) is 8.80. The van der Waals surface area contributed by atoms with Gasteiger partial charge in [-0.1, -0.05) is 133 Å². The highest BCUT2D eigenvalue weighted by Crippen LogP contribution is 2.15. The standard InChI is InChI=1S/C44H76N2O5/c1-3-5-7-9-11-13-15-16-17-19-21-23-28-32-38-43(48)51-40(34-29-25-22-20-18-14-12-10-8-6-4-2)35-30-26-24-27-31-37-42(47)46-41(44(49)50)36-33-39-45/h6,8,12,14-16,20,22,29,34,40-41H,3-5,7,9-11,13,17-19,21,23-28,30-33,35-39,45H2,1-2H3,(H,46,47)(H,49,50)/b8-6-,14-12-,16-15-,22-20-,34-29-. The van der Waals surface area contributed by atoms with Crippen molar-refractivity contribution in [2.75, 3.05) is 6.54 Å². The van der Waals surface area contributed by atoms with E-state index >= 15 is 0 Å². The maximum atomic E-state index is 12.7. The lowest BCUT2D eigenvalue weighted by Crippen LogP contribution is -2.40. The number of allylic oxidation sites excluding steroid dienone is 9. The summed E-state index contributed by atoms with van der Waals surface area (Å²) in [6.07, 6.45) is 47.0. The Kier molecular flexibility index (Phi) is 36.1. The molecule has 0 spiro atoms. The summed E-state index contributed by atoms with van der Waals surface area (Å²) in [5, 5.41) is 11.9. The molecule has 0 saturated heterocycles. The molecule has 2 atom stereocenters. The molecule has 292 valence electrons. The first kappa shape index (κ1) is 48.1. The lowest BCUT2D eigenvalue weighted by molar-refractivity contribution is -0.147. The highest BCUT2D eigenvalue weighted by Gasteiger charge is 2.18. The van der Waals surface area contributed by atoms with Gasteiger partial charge in [0.15, 0.2) is 0 Å². The Morgan fingerprint density at radius 3 is 1.73 bits per heavy atom. The van der Waals surface area contributed by atoms with Crippen LogP contribution in [0.3, 0.4) is 0 Å². The summed E-state index contributed by atoms with van der Waals surface area (Å²) in [7, 11) is 0. The molecule has 0 aliphatic rings. The predicted octanol–water partition coefficient (Wildman–Crippen LogP) is 11.4. The van der Waals surface area contributed by atoms with E-state index in [1.165, 1.54) is 51.4 Å². The van der Waals surface area contributed by atoms with E-state index in [-0.39, 0.29) is 18.0 Å². The van der Waals surface area contributed by atoms with Crippen molar-refractivity contribution in [3.05, 3.63) is 60.8 Å². The molecule has 51 heavy (non-hydrogen) atoms. The zero-order chi connectivity index (χ0) is 37.5. The number of carbonyl (C=O) groups excluding carboxylic acids is 2. The van der Waals surface area contributed by atoms with E-state index in [1.807, 2.05) is 6.08 Å². The number of amides is 1. The molecular formula is C44H76N2O5. The Hall–Kier alpha value is -2.93. The number of aliphatic carboxylic acids is 1. The molecule has 0 aliphatic carbocycles. The van der Waals surface area contributed by atoms with Gasteiger partial charge in [0.05, 0.1) is 0 Å². The first-order chi connectivity index (χ1) is 24.9. The number of nitrogens with two attached hydrogens (primary N) is 1. The van der Waals surface area contributed by atoms with Gasteiger partial charge in [-0.2, -0.15) is 0 Å². The molecule has 4 N–H and O–H groups in total. The molecule has 0 aromatic rings. The average Bonchev–Trinajstić information content (AvgIpc) is 3.11. The first-order valence-corrected chi connectivity index (χ1v) is 20.6. The van der Waals surface area contributed by atoms with Crippen molar-refractivity contribution in [1.29, 1.82) is 0 Å². The Bertz CT molecular complexity index is 984. The number of nitrogens with one attached hydrogen (secondary N) is 1. The van der Waals surface area contributed by atoms with Crippen LogP contribution in [0.1, 0.15) is 181 Å². The fourth-order valence-corrected chi connectivity index (χ4v) is 5.71. The number of ether oxygens (including phenoxy) is 1. The minimum absolute atomic E-state index is 0.110. The van der Waals surface area contributed by atoms with Crippen molar-refractivity contribution in [2.45, 2.75) is 193 Å². The minimum atomic E-state index is -1.02. The largest absolute Gasteiger partial charge is 0.480 e. The Morgan fingerprint density at radius 2 is 1.14 bits per heavy atom. The van der Waals surface area contributed by atoms with Crippen molar-refractivity contribution in [2.24, 2.45) is 5.73 Å². The number of esters is 1. The Labute approximate surface area is 312 Å². The summed E-state index contributed by atoms with van der Waals surface area (Å²) in [4.78, 5) is 36.3. The van der Waals surface area contributed by atoms with E-state index in [0.29, 0.717) is 32.2 Å². The number of carboxylic acid groups (broad SMARTS) is 1. The van der Waals surface area contributed by atoms with Gasteiger partial charge in [0.1, 0.15) is 12.1 Å². The molecule has 7 nitrogen and oxygen atoms in total. The fraction of sp³-hybridized carbons (Fsp3) is 0.705. The van der Waals surface area contributed by atoms with Crippen LogP contribution in [-0.2, 0) is 19.1 Å². The summed E-state index contributed by atoms with van der Waals surface area (Å²) < 4.78 is 5.91. The summed E-state index contributed by atoms with van der Waals surface area (Å²) in [5.41, 5.74) is 5.47. The molecule has 0 bridgehead atoms. The van der Waals surface area contributed by atoms with E-state index in [4.69, 9.17) is 10.5 Å². The minimum Gasteiger partial charge on any atom is -0.480 e. The number of hydrogen-bond acceptors (Lipinski definition) is 5. The van der Waals surface area contributed by atoms with E-state index in [2.05, 4.69) is 73.8 Å². The quantitative estimate of drug-likeness (QED) is 0.0338. The molecule has 0 heterocycles. The van der Waals surface area contributed by atoms with Gasteiger partial charge in [-0.05, 0) is 103 Å². The molecule has 0 rings (SSSR count). The molecule has 0 aromatic carbocycles. The number of hydrogen-bond donors (Lipinski definition) is 3. The topological polar surface area (TPSA) is 119 Å². The van der Waals surface area contributed by atoms with Crippen LogP contribution in [0.15, 0.2) is 60.8 Å². The van der Waals surface area contributed by atoms with Gasteiger partial charge in [0.2, 0.25) is 5.91 Å². The molecule has 1 amide bonds. The first-order valence-electron chi connectivity index (χ1n) is 20.6. The third-order valence-corrected chi connectivity index (χ3v) is 8.80. The summed E-state index contributed by atoms with van der Waals surface area (Å²) >= 11 is 0. The zero-order valence-electron chi connectivity index (χ0n) is 32.7. The van der Waals surface area contributed by atoms with Gasteiger partial charge in [0, 0.05) is 12.8 Å². The van der Waals surface area contributed by atoms with E-state index in [0.717, 1.165) is 89.9 Å². The maximum Gasteiger partial charge on any atom is 0.326 e. The highest BCUT2D eigenvalue weighted by atomic mass is 16.5. The van der Waals surface area contributed by atoms with Gasteiger partial charge in [0.25, 0.3) is 0 Å². The average molecular weight is 713 g/mol. The second-order valence-corrected chi connectivity index (χ2v) is 13.7. The monoisotopic (exact) mass is 713 g/mol. The maximum absolute atomic E-state index is 12.7. The van der Waals surface area contributed by atoms with E-state index in [9.17, 15) is 19.5 Å². The second-order valence-electron chi connectivity index (χ2n) is 13.7. The Balaban J connectivity index is 4.47. The normalized spacial score (nSPS) is 13.3. The van der Waals surface area contributed by atoms with Crippen LogP contribution in [0, 0.1) is 0 Å². The predicted molar refractivity (Wildman–Crippen MR) is 216 cm³/mol. The van der Waals surface area contributed by atoms with Crippen LogP contribution in [0.4, 0.5) is 0 Å². The lowest BCUT2D eigenvalue weighted by Gasteiger charge is -2.15. The summed E-state index contributed by atoms with van der Waals surface area (Å²) in [6.45, 7) is 4.80. The molecular weight excluding hydrogens is 636 g/mol. The van der Waals surface area contributed by atoms with Crippen LogP contribution in [0.2, 0.25) is 0 Å². The van der Waals surface area contributed by atoms with Crippen LogP contribution < -0.4 is 11.1 Å². The fourth-order valence-electron chi connectivity index (χ4n) is 5.71. The van der Waals surface area contributed by atoms with Gasteiger partial charge in [-0.3, -0.25) is 9.59 Å². The van der Waals surface area contributed by atoms with Crippen molar-refractivity contribution in [1.82, 2.24) is 5.32 Å². The molecule has 0 saturated carbocycles. The van der Waals surface area contributed by atoms with E-state index in [1.54, 1.807) is 0 Å². The van der Waals surface area contributed by atoms with Crippen LogP contribution in [0.5, 0.6) is 0 Å². The van der Waals surface area contributed by atoms with Crippen LogP contribution in [0.25, 0.3) is 0 Å². The van der Waals surface area contributed by atoms with E-state index < -0.39 is 12.0 Å².